The fourth-order valence-electron chi connectivity index (χ4n) is 1.38. The minimum atomic E-state index is -0.758. The highest BCUT2D eigenvalue weighted by Gasteiger charge is 1.97. The summed E-state index contributed by atoms with van der Waals surface area (Å²) in [7, 11) is 0. The van der Waals surface area contributed by atoms with Gasteiger partial charge < -0.3 is 9.67 Å². The van der Waals surface area contributed by atoms with Crippen LogP contribution < -0.4 is 5.56 Å². The fraction of sp³-hybridized carbons (Fsp3) is 0.455. The average molecular weight is 209 g/mol. The van der Waals surface area contributed by atoms with E-state index in [0.29, 0.717) is 13.0 Å². The van der Waals surface area contributed by atoms with E-state index in [0.717, 1.165) is 12.8 Å². The van der Waals surface area contributed by atoms with Gasteiger partial charge in [0, 0.05) is 25.2 Å². The minimum absolute atomic E-state index is 0.00395. The lowest BCUT2D eigenvalue weighted by atomic mass is 10.2. The van der Waals surface area contributed by atoms with Crippen LogP contribution in [0, 0.1) is 0 Å². The highest BCUT2D eigenvalue weighted by Crippen LogP contribution is 2.01. The van der Waals surface area contributed by atoms with Crippen molar-refractivity contribution in [2.24, 2.45) is 0 Å². The molecule has 0 bridgehead atoms. The molecule has 1 N–H and O–H groups in total. The third-order valence-electron chi connectivity index (χ3n) is 2.19. The highest BCUT2D eigenvalue weighted by molar-refractivity contribution is 5.66. The van der Waals surface area contributed by atoms with E-state index in [1.165, 1.54) is 6.07 Å². The monoisotopic (exact) mass is 209 g/mol. The maximum absolute atomic E-state index is 11.3. The molecule has 0 saturated heterocycles. The number of hydrogen-bond donors (Lipinski definition) is 1. The van der Waals surface area contributed by atoms with E-state index in [4.69, 9.17) is 5.11 Å². The van der Waals surface area contributed by atoms with Gasteiger partial charge in [-0.05, 0) is 18.9 Å². The van der Waals surface area contributed by atoms with Crippen molar-refractivity contribution in [1.82, 2.24) is 4.57 Å². The van der Waals surface area contributed by atoms with Crippen LogP contribution in [0.2, 0.25) is 0 Å². The first-order chi connectivity index (χ1) is 7.20. The smallest absolute Gasteiger partial charge is 0.303 e. The Morgan fingerprint density at radius 2 is 2.07 bits per heavy atom. The Bertz CT molecular complexity index is 370. The van der Waals surface area contributed by atoms with Crippen LogP contribution in [0.3, 0.4) is 0 Å². The molecule has 0 amide bonds. The fourth-order valence-corrected chi connectivity index (χ4v) is 1.38. The number of aliphatic carboxylic acids is 1. The van der Waals surface area contributed by atoms with Crippen LogP contribution in [0.25, 0.3) is 0 Å². The number of nitrogens with zero attached hydrogens (tertiary/aromatic N) is 1. The first-order valence-electron chi connectivity index (χ1n) is 5.07. The summed E-state index contributed by atoms with van der Waals surface area (Å²) in [5, 5.41) is 8.42. The third kappa shape index (κ3) is 4.44. The van der Waals surface area contributed by atoms with Gasteiger partial charge in [-0.15, -0.1) is 0 Å². The molecule has 82 valence electrons. The predicted octanol–water partition coefficient (Wildman–Crippen LogP) is 1.49. The van der Waals surface area contributed by atoms with Crippen molar-refractivity contribution >= 4 is 5.97 Å². The van der Waals surface area contributed by atoms with E-state index in [9.17, 15) is 9.59 Å². The quantitative estimate of drug-likeness (QED) is 0.722. The molecule has 0 aliphatic heterocycles. The summed E-state index contributed by atoms with van der Waals surface area (Å²) >= 11 is 0. The topological polar surface area (TPSA) is 59.3 Å². The van der Waals surface area contributed by atoms with Crippen LogP contribution in [0.4, 0.5) is 0 Å². The summed E-state index contributed by atoms with van der Waals surface area (Å²) in [6, 6.07) is 5.05. The molecule has 0 aliphatic carbocycles. The highest BCUT2D eigenvalue weighted by atomic mass is 16.4. The van der Waals surface area contributed by atoms with E-state index in [1.807, 2.05) is 6.07 Å². The van der Waals surface area contributed by atoms with Crippen molar-refractivity contribution in [3.8, 4) is 0 Å². The van der Waals surface area contributed by atoms with Crippen molar-refractivity contribution in [2.75, 3.05) is 0 Å². The Morgan fingerprint density at radius 1 is 1.27 bits per heavy atom. The Balaban J connectivity index is 2.24. The largest absolute Gasteiger partial charge is 0.481 e. The number of carboxylic acid groups (broad SMARTS) is 1. The van der Waals surface area contributed by atoms with Gasteiger partial charge in [-0.25, -0.2) is 0 Å². The summed E-state index contributed by atoms with van der Waals surface area (Å²) in [6.07, 6.45) is 4.32. The number of hydrogen-bond acceptors (Lipinski definition) is 2. The van der Waals surface area contributed by atoms with Crippen LogP contribution in [-0.2, 0) is 11.3 Å². The van der Waals surface area contributed by atoms with Crippen molar-refractivity contribution in [3.05, 3.63) is 34.7 Å². The molecule has 0 unspecified atom stereocenters. The van der Waals surface area contributed by atoms with E-state index in [2.05, 4.69) is 0 Å². The van der Waals surface area contributed by atoms with Crippen LogP contribution in [0.5, 0.6) is 0 Å². The molecule has 0 atom stereocenters. The number of carbonyl (C=O) groups is 1. The lowest BCUT2D eigenvalue weighted by Gasteiger charge is -2.03. The molecule has 15 heavy (non-hydrogen) atoms. The number of rotatable bonds is 6. The molecule has 0 aromatic carbocycles. The zero-order valence-electron chi connectivity index (χ0n) is 8.56. The number of carboxylic acids is 1. The Hall–Kier alpha value is -1.58. The van der Waals surface area contributed by atoms with Gasteiger partial charge in [-0.2, -0.15) is 0 Å². The molecule has 1 heterocycles. The van der Waals surface area contributed by atoms with Gasteiger partial charge in [-0.1, -0.05) is 12.5 Å². The van der Waals surface area contributed by atoms with E-state index in [1.54, 1.807) is 16.8 Å². The standard InChI is InChI=1S/C11H15NO3/c13-10-6-3-5-9-12(10)8-4-1-2-7-11(14)15/h3,5-6,9H,1-2,4,7-8H2,(H,14,15). The average Bonchev–Trinajstić information content (AvgIpc) is 2.20. The van der Waals surface area contributed by atoms with Gasteiger partial charge >= 0.3 is 5.97 Å². The molecule has 4 heteroatoms. The molecule has 0 spiro atoms. The zero-order chi connectivity index (χ0) is 11.1. The van der Waals surface area contributed by atoms with Gasteiger partial charge in [0.15, 0.2) is 0 Å². The summed E-state index contributed by atoms with van der Waals surface area (Å²) in [6.45, 7) is 0.666. The number of aromatic nitrogens is 1. The second kappa shape index (κ2) is 6.01. The van der Waals surface area contributed by atoms with Gasteiger partial charge in [0.1, 0.15) is 0 Å². The van der Waals surface area contributed by atoms with Crippen molar-refractivity contribution in [2.45, 2.75) is 32.2 Å². The molecule has 0 saturated carbocycles. The molecule has 1 rings (SSSR count). The Labute approximate surface area is 88.2 Å². The van der Waals surface area contributed by atoms with Crippen molar-refractivity contribution < 1.29 is 9.90 Å². The normalized spacial score (nSPS) is 10.1. The van der Waals surface area contributed by atoms with E-state index in [-0.39, 0.29) is 12.0 Å². The van der Waals surface area contributed by atoms with Crippen LogP contribution in [-0.4, -0.2) is 15.6 Å². The summed E-state index contributed by atoms with van der Waals surface area (Å²) in [5.74, 6) is -0.758. The molecule has 1 aromatic heterocycles. The molecule has 1 aromatic rings. The summed E-state index contributed by atoms with van der Waals surface area (Å²) in [4.78, 5) is 21.5. The first-order valence-corrected chi connectivity index (χ1v) is 5.07. The second-order valence-electron chi connectivity index (χ2n) is 3.44. The predicted molar refractivity (Wildman–Crippen MR) is 56.8 cm³/mol. The first kappa shape index (κ1) is 11.5. The minimum Gasteiger partial charge on any atom is -0.481 e. The number of aryl methyl sites for hydroxylation is 1. The van der Waals surface area contributed by atoms with E-state index < -0.39 is 5.97 Å². The third-order valence-corrected chi connectivity index (χ3v) is 2.19. The molecule has 0 fully saturated rings. The molecule has 4 nitrogen and oxygen atoms in total. The second-order valence-corrected chi connectivity index (χ2v) is 3.44. The van der Waals surface area contributed by atoms with Gasteiger partial charge in [-0.3, -0.25) is 9.59 Å². The van der Waals surface area contributed by atoms with Gasteiger partial charge in [0.25, 0.3) is 0 Å². The maximum Gasteiger partial charge on any atom is 0.303 e. The van der Waals surface area contributed by atoms with E-state index >= 15 is 0 Å². The van der Waals surface area contributed by atoms with Crippen LogP contribution >= 0.6 is 0 Å². The Kier molecular flexibility index (Phi) is 4.60. The molecule has 0 radical (unpaired) electrons. The van der Waals surface area contributed by atoms with Crippen molar-refractivity contribution in [3.63, 3.8) is 0 Å². The number of pyridine rings is 1. The summed E-state index contributed by atoms with van der Waals surface area (Å²) < 4.78 is 1.64. The SMILES string of the molecule is O=C(O)CCCCCn1ccccc1=O. The van der Waals surface area contributed by atoms with Crippen LogP contribution in [0.1, 0.15) is 25.7 Å². The lowest BCUT2D eigenvalue weighted by molar-refractivity contribution is -0.137. The molecular formula is C11H15NO3. The van der Waals surface area contributed by atoms with Gasteiger partial charge in [0.2, 0.25) is 5.56 Å². The number of unbranched alkanes of at least 4 members (excludes halogenated alkanes) is 2. The molecular weight excluding hydrogens is 194 g/mol. The Morgan fingerprint density at radius 3 is 2.73 bits per heavy atom. The van der Waals surface area contributed by atoms with Gasteiger partial charge in [0.05, 0.1) is 0 Å². The van der Waals surface area contributed by atoms with Crippen LogP contribution in [0.15, 0.2) is 29.2 Å². The maximum atomic E-state index is 11.3. The zero-order valence-corrected chi connectivity index (χ0v) is 8.56. The lowest BCUT2D eigenvalue weighted by Crippen LogP contribution is -2.17. The molecule has 0 aliphatic rings. The van der Waals surface area contributed by atoms with Crippen molar-refractivity contribution in [1.29, 1.82) is 0 Å². The summed E-state index contributed by atoms with van der Waals surface area (Å²) in [5.41, 5.74) is -0.00395.